The fourth-order valence-corrected chi connectivity index (χ4v) is 2.29. The molecule has 0 aromatic heterocycles. The highest BCUT2D eigenvalue weighted by Gasteiger charge is 2.09. The van der Waals surface area contributed by atoms with Gasteiger partial charge in [0, 0.05) is 12.3 Å². The van der Waals surface area contributed by atoms with Crippen LogP contribution in [0.15, 0.2) is 24.3 Å². The Bertz CT molecular complexity index is 414. The average Bonchev–Trinajstić information content (AvgIpc) is 2.14. The van der Waals surface area contributed by atoms with Gasteiger partial charge in [0.05, 0.1) is 5.75 Å². The van der Waals surface area contributed by atoms with Crippen LogP contribution in [-0.2, 0) is 10.0 Å². The van der Waals surface area contributed by atoms with E-state index in [0.717, 1.165) is 5.56 Å². The molecule has 0 aliphatic rings. The van der Waals surface area contributed by atoms with Crippen LogP contribution in [0.3, 0.4) is 0 Å². The molecule has 0 heterocycles. The van der Waals surface area contributed by atoms with Crippen molar-refractivity contribution in [1.29, 1.82) is 0 Å². The SMILES string of the molecule is Cc1cccc(NS(=O)(=O)CCCO)c1. The Morgan fingerprint density at radius 2 is 2.13 bits per heavy atom. The van der Waals surface area contributed by atoms with Gasteiger partial charge in [0.2, 0.25) is 10.0 Å². The topological polar surface area (TPSA) is 66.4 Å². The van der Waals surface area contributed by atoms with Gasteiger partial charge in [0.15, 0.2) is 0 Å². The number of hydrogen-bond acceptors (Lipinski definition) is 3. The van der Waals surface area contributed by atoms with Gasteiger partial charge < -0.3 is 5.11 Å². The molecule has 0 aliphatic carbocycles. The summed E-state index contributed by atoms with van der Waals surface area (Å²) in [7, 11) is -3.32. The number of rotatable bonds is 5. The van der Waals surface area contributed by atoms with Crippen molar-refractivity contribution < 1.29 is 13.5 Å². The molecule has 4 nitrogen and oxygen atoms in total. The van der Waals surface area contributed by atoms with E-state index in [1.165, 1.54) is 0 Å². The molecule has 84 valence electrons. The molecule has 1 aromatic rings. The lowest BCUT2D eigenvalue weighted by Crippen LogP contribution is -2.17. The standard InChI is InChI=1S/C10H15NO3S/c1-9-4-2-5-10(8-9)11-15(13,14)7-3-6-12/h2,4-5,8,11-12H,3,6-7H2,1H3. The first-order chi connectivity index (χ1) is 7.03. The summed E-state index contributed by atoms with van der Waals surface area (Å²) < 4.78 is 25.4. The minimum atomic E-state index is -3.32. The molecule has 0 spiro atoms. The van der Waals surface area contributed by atoms with Crippen LogP contribution in [0, 0.1) is 6.92 Å². The zero-order chi connectivity index (χ0) is 11.3. The number of aliphatic hydroxyl groups is 1. The van der Waals surface area contributed by atoms with E-state index < -0.39 is 10.0 Å². The summed E-state index contributed by atoms with van der Waals surface area (Å²) in [5, 5.41) is 8.55. The quantitative estimate of drug-likeness (QED) is 0.795. The van der Waals surface area contributed by atoms with Crippen molar-refractivity contribution in [2.24, 2.45) is 0 Å². The monoisotopic (exact) mass is 229 g/mol. The Kier molecular flexibility index (Phi) is 4.11. The summed E-state index contributed by atoms with van der Waals surface area (Å²) in [6.45, 7) is 1.78. The summed E-state index contributed by atoms with van der Waals surface area (Å²) in [4.78, 5) is 0. The number of nitrogens with one attached hydrogen (secondary N) is 1. The predicted molar refractivity (Wildman–Crippen MR) is 60.3 cm³/mol. The summed E-state index contributed by atoms with van der Waals surface area (Å²) in [6.07, 6.45) is 0.251. The van der Waals surface area contributed by atoms with E-state index in [9.17, 15) is 8.42 Å². The van der Waals surface area contributed by atoms with Crippen molar-refractivity contribution in [2.75, 3.05) is 17.1 Å². The van der Waals surface area contributed by atoms with Crippen LogP contribution in [0.4, 0.5) is 5.69 Å². The summed E-state index contributed by atoms with van der Waals surface area (Å²) in [5.41, 5.74) is 1.56. The number of aliphatic hydroxyl groups excluding tert-OH is 1. The molecule has 0 fully saturated rings. The van der Waals surface area contributed by atoms with Crippen molar-refractivity contribution in [3.8, 4) is 0 Å². The van der Waals surface area contributed by atoms with Gasteiger partial charge in [-0.3, -0.25) is 4.72 Å². The molecule has 0 bridgehead atoms. The van der Waals surface area contributed by atoms with E-state index in [-0.39, 0.29) is 18.8 Å². The van der Waals surface area contributed by atoms with Crippen LogP contribution in [-0.4, -0.2) is 25.9 Å². The number of aryl methyl sites for hydroxylation is 1. The van der Waals surface area contributed by atoms with Crippen molar-refractivity contribution >= 4 is 15.7 Å². The van der Waals surface area contributed by atoms with Gasteiger partial charge in [-0.15, -0.1) is 0 Å². The van der Waals surface area contributed by atoms with Crippen LogP contribution < -0.4 is 4.72 Å². The van der Waals surface area contributed by atoms with Crippen LogP contribution in [0.1, 0.15) is 12.0 Å². The number of hydrogen-bond donors (Lipinski definition) is 2. The molecule has 5 heteroatoms. The van der Waals surface area contributed by atoms with Crippen LogP contribution in [0.5, 0.6) is 0 Å². The molecule has 2 N–H and O–H groups in total. The highest BCUT2D eigenvalue weighted by molar-refractivity contribution is 7.92. The molecule has 0 radical (unpaired) electrons. The van der Waals surface area contributed by atoms with Crippen molar-refractivity contribution in [2.45, 2.75) is 13.3 Å². The Balaban J connectivity index is 2.69. The van der Waals surface area contributed by atoms with Crippen molar-refractivity contribution in [3.05, 3.63) is 29.8 Å². The van der Waals surface area contributed by atoms with Crippen LogP contribution in [0.2, 0.25) is 0 Å². The first-order valence-corrected chi connectivity index (χ1v) is 6.37. The largest absolute Gasteiger partial charge is 0.396 e. The number of anilines is 1. The summed E-state index contributed by atoms with van der Waals surface area (Å²) in [6, 6.07) is 7.14. The first kappa shape index (κ1) is 12.0. The second kappa shape index (κ2) is 5.14. The second-order valence-corrected chi connectivity index (χ2v) is 5.21. The maximum absolute atomic E-state index is 11.4. The maximum Gasteiger partial charge on any atom is 0.232 e. The van der Waals surface area contributed by atoms with Gasteiger partial charge in [-0.1, -0.05) is 12.1 Å². The lowest BCUT2D eigenvalue weighted by molar-refractivity contribution is 0.295. The van der Waals surface area contributed by atoms with E-state index in [2.05, 4.69) is 4.72 Å². The molecule has 0 unspecified atom stereocenters. The molecule has 0 atom stereocenters. The molecular formula is C10H15NO3S. The minimum absolute atomic E-state index is 0.0581. The molecule has 0 aliphatic heterocycles. The van der Waals surface area contributed by atoms with E-state index in [0.29, 0.717) is 5.69 Å². The first-order valence-electron chi connectivity index (χ1n) is 4.71. The third-order valence-corrected chi connectivity index (χ3v) is 3.24. The van der Waals surface area contributed by atoms with E-state index >= 15 is 0 Å². The highest BCUT2D eigenvalue weighted by Crippen LogP contribution is 2.11. The minimum Gasteiger partial charge on any atom is -0.396 e. The summed E-state index contributed by atoms with van der Waals surface area (Å²) >= 11 is 0. The lowest BCUT2D eigenvalue weighted by Gasteiger charge is -2.07. The molecular weight excluding hydrogens is 214 g/mol. The predicted octanol–water partition coefficient (Wildman–Crippen LogP) is 1.12. The van der Waals surface area contributed by atoms with E-state index in [1.807, 2.05) is 13.0 Å². The fourth-order valence-electron chi connectivity index (χ4n) is 1.19. The Morgan fingerprint density at radius 3 is 2.73 bits per heavy atom. The third-order valence-electron chi connectivity index (χ3n) is 1.86. The van der Waals surface area contributed by atoms with E-state index in [4.69, 9.17) is 5.11 Å². The number of benzene rings is 1. The van der Waals surface area contributed by atoms with Gasteiger partial charge in [-0.25, -0.2) is 8.42 Å². The Labute approximate surface area is 90.0 Å². The van der Waals surface area contributed by atoms with Crippen LogP contribution in [0.25, 0.3) is 0 Å². The zero-order valence-electron chi connectivity index (χ0n) is 8.60. The Hall–Kier alpha value is -1.07. The summed E-state index contributed by atoms with van der Waals surface area (Å²) in [5.74, 6) is -0.0581. The zero-order valence-corrected chi connectivity index (χ0v) is 9.42. The lowest BCUT2D eigenvalue weighted by atomic mass is 10.2. The van der Waals surface area contributed by atoms with Gasteiger partial charge in [-0.05, 0) is 31.0 Å². The normalized spacial score (nSPS) is 11.3. The highest BCUT2D eigenvalue weighted by atomic mass is 32.2. The molecule has 0 amide bonds. The average molecular weight is 229 g/mol. The molecule has 1 aromatic carbocycles. The smallest absolute Gasteiger partial charge is 0.232 e. The van der Waals surface area contributed by atoms with Crippen LogP contribution >= 0.6 is 0 Å². The molecule has 0 saturated heterocycles. The molecule has 15 heavy (non-hydrogen) atoms. The van der Waals surface area contributed by atoms with Crippen molar-refractivity contribution in [1.82, 2.24) is 0 Å². The third kappa shape index (κ3) is 4.31. The van der Waals surface area contributed by atoms with E-state index in [1.54, 1.807) is 18.2 Å². The van der Waals surface area contributed by atoms with Crippen molar-refractivity contribution in [3.63, 3.8) is 0 Å². The number of sulfonamides is 1. The van der Waals surface area contributed by atoms with Gasteiger partial charge in [0.1, 0.15) is 0 Å². The maximum atomic E-state index is 11.4. The van der Waals surface area contributed by atoms with Gasteiger partial charge >= 0.3 is 0 Å². The van der Waals surface area contributed by atoms with Gasteiger partial charge in [-0.2, -0.15) is 0 Å². The molecule has 1 rings (SSSR count). The Morgan fingerprint density at radius 1 is 1.40 bits per heavy atom. The fraction of sp³-hybridized carbons (Fsp3) is 0.400. The molecule has 0 saturated carbocycles. The second-order valence-electron chi connectivity index (χ2n) is 3.37. The van der Waals surface area contributed by atoms with Gasteiger partial charge in [0.25, 0.3) is 0 Å².